The van der Waals surface area contributed by atoms with Crippen LogP contribution < -0.4 is 15.8 Å². The molecule has 3 rings (SSSR count). The quantitative estimate of drug-likeness (QED) is 0.490. The van der Waals surface area contributed by atoms with Crippen LogP contribution in [0.25, 0.3) is 0 Å². The van der Waals surface area contributed by atoms with E-state index in [2.05, 4.69) is 33.1 Å². The molecule has 1 aromatic carbocycles. The first-order valence-corrected chi connectivity index (χ1v) is 10.5. The van der Waals surface area contributed by atoms with Crippen molar-refractivity contribution in [3.63, 3.8) is 0 Å². The topological polar surface area (TPSA) is 75.3 Å². The summed E-state index contributed by atoms with van der Waals surface area (Å²) in [6.45, 7) is 11.2. The molecule has 0 saturated carbocycles. The van der Waals surface area contributed by atoms with Crippen LogP contribution in [-0.2, 0) is 11.3 Å². The number of aliphatic imine (C=N–C) groups is 1. The number of likely N-dealkylation sites (N-methyl/N-ethyl adjacent to an activating group) is 1. The van der Waals surface area contributed by atoms with Crippen molar-refractivity contribution in [2.45, 2.75) is 32.4 Å². The molecule has 28 heavy (non-hydrogen) atoms. The second-order valence-corrected chi connectivity index (χ2v) is 7.46. The molecule has 7 heteroatoms. The van der Waals surface area contributed by atoms with Crippen molar-refractivity contribution in [3.8, 4) is 5.75 Å². The Morgan fingerprint density at radius 1 is 1.32 bits per heavy atom. The predicted octanol–water partition coefficient (Wildman–Crippen LogP) is 1.29. The van der Waals surface area contributed by atoms with Gasteiger partial charge in [0.2, 0.25) is 0 Å². The summed E-state index contributed by atoms with van der Waals surface area (Å²) in [6.07, 6.45) is 2.51. The first-order valence-electron chi connectivity index (χ1n) is 10.5. The van der Waals surface area contributed by atoms with E-state index in [1.165, 1.54) is 19.4 Å². The van der Waals surface area contributed by atoms with Gasteiger partial charge in [0.1, 0.15) is 12.4 Å². The van der Waals surface area contributed by atoms with Crippen LogP contribution in [0.2, 0.25) is 0 Å². The second kappa shape index (κ2) is 11.2. The Morgan fingerprint density at radius 3 is 3.00 bits per heavy atom. The molecule has 0 aromatic heterocycles. The van der Waals surface area contributed by atoms with E-state index in [0.29, 0.717) is 25.2 Å². The number of nitrogens with zero attached hydrogens (tertiary/aromatic N) is 3. The Kier molecular flexibility index (Phi) is 8.39. The van der Waals surface area contributed by atoms with Crippen molar-refractivity contribution >= 4 is 5.96 Å². The van der Waals surface area contributed by atoms with E-state index in [1.54, 1.807) is 0 Å². The average molecular weight is 390 g/mol. The number of rotatable bonds is 9. The molecule has 156 valence electrons. The second-order valence-electron chi connectivity index (χ2n) is 7.46. The highest BCUT2D eigenvalue weighted by atomic mass is 16.5. The Balaban J connectivity index is 1.39. The van der Waals surface area contributed by atoms with Gasteiger partial charge < -0.3 is 20.5 Å². The zero-order chi connectivity index (χ0) is 19.6. The van der Waals surface area contributed by atoms with Gasteiger partial charge >= 0.3 is 0 Å². The molecule has 0 aliphatic carbocycles. The Bertz CT molecular complexity index is 619. The van der Waals surface area contributed by atoms with Crippen LogP contribution in [0.3, 0.4) is 0 Å². The van der Waals surface area contributed by atoms with Crippen molar-refractivity contribution in [2.24, 2.45) is 10.7 Å². The fraction of sp³-hybridized carbons (Fsp3) is 0.667. The van der Waals surface area contributed by atoms with Crippen LogP contribution in [0, 0.1) is 0 Å². The maximum absolute atomic E-state index is 6.06. The van der Waals surface area contributed by atoms with Crippen molar-refractivity contribution in [2.75, 3.05) is 59.1 Å². The number of nitrogens with one attached hydrogen (secondary N) is 1. The maximum Gasteiger partial charge on any atom is 0.188 e. The molecule has 1 atom stereocenters. The summed E-state index contributed by atoms with van der Waals surface area (Å²) in [7, 11) is 0. The maximum atomic E-state index is 6.06. The number of guanidine groups is 1. The first-order chi connectivity index (χ1) is 13.7. The summed E-state index contributed by atoms with van der Waals surface area (Å²) in [5.41, 5.74) is 7.16. The summed E-state index contributed by atoms with van der Waals surface area (Å²) in [5, 5.41) is 3.28. The van der Waals surface area contributed by atoms with Crippen molar-refractivity contribution in [3.05, 3.63) is 29.8 Å². The minimum Gasteiger partial charge on any atom is -0.492 e. The molecule has 2 aliphatic rings. The van der Waals surface area contributed by atoms with Crippen LogP contribution in [0.1, 0.15) is 25.3 Å². The zero-order valence-electron chi connectivity index (χ0n) is 17.1. The SMILES string of the molecule is CCN1CCCC1CNC(N)=NCc1cccc(OCCN2CCOCC2)c1. The lowest BCUT2D eigenvalue weighted by atomic mass is 10.2. The Morgan fingerprint density at radius 2 is 2.18 bits per heavy atom. The fourth-order valence-corrected chi connectivity index (χ4v) is 3.85. The van der Waals surface area contributed by atoms with Gasteiger partial charge in [-0.15, -0.1) is 0 Å². The molecule has 1 unspecified atom stereocenters. The molecule has 2 saturated heterocycles. The average Bonchev–Trinajstić information content (AvgIpc) is 3.19. The number of nitrogens with two attached hydrogens (primary N) is 1. The van der Waals surface area contributed by atoms with E-state index >= 15 is 0 Å². The number of ether oxygens (including phenoxy) is 2. The van der Waals surface area contributed by atoms with Crippen LogP contribution in [0.4, 0.5) is 0 Å². The number of morpholine rings is 1. The van der Waals surface area contributed by atoms with Crippen LogP contribution in [0.5, 0.6) is 5.75 Å². The third-order valence-electron chi connectivity index (χ3n) is 5.53. The minimum absolute atomic E-state index is 0.515. The van der Waals surface area contributed by atoms with Crippen LogP contribution in [-0.4, -0.2) is 80.9 Å². The molecule has 2 aliphatic heterocycles. The molecule has 7 nitrogen and oxygen atoms in total. The third-order valence-corrected chi connectivity index (χ3v) is 5.53. The molecule has 1 aromatic rings. The van der Waals surface area contributed by atoms with Crippen molar-refractivity contribution in [1.82, 2.24) is 15.1 Å². The third kappa shape index (κ3) is 6.65. The predicted molar refractivity (Wildman–Crippen MR) is 113 cm³/mol. The minimum atomic E-state index is 0.515. The number of likely N-dealkylation sites (tertiary alicyclic amines) is 1. The van der Waals surface area contributed by atoms with Gasteiger partial charge in [0, 0.05) is 32.2 Å². The highest BCUT2D eigenvalue weighted by molar-refractivity contribution is 5.77. The van der Waals surface area contributed by atoms with Gasteiger partial charge in [0.05, 0.1) is 19.8 Å². The van der Waals surface area contributed by atoms with Crippen LogP contribution >= 0.6 is 0 Å². The molecular formula is C21H35N5O2. The van der Waals surface area contributed by atoms with E-state index in [1.807, 2.05) is 18.2 Å². The Labute approximate surface area is 168 Å². The molecule has 2 fully saturated rings. The molecular weight excluding hydrogens is 354 g/mol. The van der Waals surface area contributed by atoms with E-state index in [9.17, 15) is 0 Å². The van der Waals surface area contributed by atoms with Gasteiger partial charge in [0.25, 0.3) is 0 Å². The summed E-state index contributed by atoms with van der Waals surface area (Å²) in [4.78, 5) is 9.36. The number of benzene rings is 1. The largest absolute Gasteiger partial charge is 0.492 e. The van der Waals surface area contributed by atoms with Crippen molar-refractivity contribution in [1.29, 1.82) is 0 Å². The van der Waals surface area contributed by atoms with Gasteiger partial charge in [-0.2, -0.15) is 0 Å². The van der Waals surface area contributed by atoms with Gasteiger partial charge in [-0.25, -0.2) is 4.99 Å². The standard InChI is InChI=1S/C21H35N5O2/c1-2-26-8-4-6-19(26)17-24-21(22)23-16-18-5-3-7-20(15-18)28-14-11-25-9-12-27-13-10-25/h3,5,7,15,19H,2,4,6,8-14,16-17H2,1H3,(H3,22,23,24). The van der Waals surface area contributed by atoms with E-state index in [0.717, 1.165) is 57.3 Å². The molecule has 0 radical (unpaired) electrons. The molecule has 0 spiro atoms. The van der Waals surface area contributed by atoms with E-state index in [4.69, 9.17) is 15.2 Å². The first kappa shape index (κ1) is 20.9. The highest BCUT2D eigenvalue weighted by Gasteiger charge is 2.22. The van der Waals surface area contributed by atoms with Crippen molar-refractivity contribution < 1.29 is 9.47 Å². The lowest BCUT2D eigenvalue weighted by molar-refractivity contribution is 0.0322. The molecule has 3 N–H and O–H groups in total. The normalized spacial score (nSPS) is 21.8. The van der Waals surface area contributed by atoms with Gasteiger partial charge in [-0.3, -0.25) is 9.80 Å². The highest BCUT2D eigenvalue weighted by Crippen LogP contribution is 2.16. The van der Waals surface area contributed by atoms with E-state index < -0.39 is 0 Å². The van der Waals surface area contributed by atoms with Gasteiger partial charge in [0.15, 0.2) is 5.96 Å². The van der Waals surface area contributed by atoms with Crippen LogP contribution in [0.15, 0.2) is 29.3 Å². The van der Waals surface area contributed by atoms with Gasteiger partial charge in [-0.1, -0.05) is 19.1 Å². The lowest BCUT2D eigenvalue weighted by Crippen LogP contribution is -2.42. The molecule has 0 bridgehead atoms. The number of hydrogen-bond acceptors (Lipinski definition) is 5. The van der Waals surface area contributed by atoms with E-state index in [-0.39, 0.29) is 0 Å². The zero-order valence-corrected chi connectivity index (χ0v) is 17.1. The summed E-state index contributed by atoms with van der Waals surface area (Å²) in [5.74, 6) is 1.40. The lowest BCUT2D eigenvalue weighted by Gasteiger charge is -2.26. The van der Waals surface area contributed by atoms with Gasteiger partial charge in [-0.05, 0) is 43.6 Å². The summed E-state index contributed by atoms with van der Waals surface area (Å²) in [6, 6.07) is 8.68. The smallest absolute Gasteiger partial charge is 0.188 e. The fourth-order valence-electron chi connectivity index (χ4n) is 3.85. The molecule has 0 amide bonds. The Hall–Kier alpha value is -1.83. The number of hydrogen-bond donors (Lipinski definition) is 2. The summed E-state index contributed by atoms with van der Waals surface area (Å²) >= 11 is 0. The molecule has 2 heterocycles. The summed E-state index contributed by atoms with van der Waals surface area (Å²) < 4.78 is 11.3. The monoisotopic (exact) mass is 389 g/mol.